The first-order valence-corrected chi connectivity index (χ1v) is 10.4. The third-order valence-corrected chi connectivity index (χ3v) is 5.33. The Hall–Kier alpha value is -2.41. The Morgan fingerprint density at radius 3 is 2.41 bits per heavy atom. The zero-order valence-corrected chi connectivity index (χ0v) is 17.4. The molecule has 0 radical (unpaired) electrons. The highest BCUT2D eigenvalue weighted by Gasteiger charge is 2.22. The average molecular weight is 505 g/mol. The first-order valence-electron chi connectivity index (χ1n) is 7.47. The molecule has 2 aromatic rings. The Bertz CT molecular complexity index is 963. The van der Waals surface area contributed by atoms with Gasteiger partial charge in [0.1, 0.15) is 12.3 Å². The second kappa shape index (κ2) is 8.52. The third-order valence-electron chi connectivity index (χ3n) is 3.47. The van der Waals surface area contributed by atoms with Crippen LogP contribution in [0.4, 0.5) is 17.1 Å². The summed E-state index contributed by atoms with van der Waals surface area (Å²) in [5, 5.41) is 13.4. The fourth-order valence-electron chi connectivity index (χ4n) is 2.23. The third kappa shape index (κ3) is 5.53. The molecule has 0 spiro atoms. The Morgan fingerprint density at radius 1 is 1.26 bits per heavy atom. The number of nitrogens with one attached hydrogen (secondary N) is 1. The fourth-order valence-corrected chi connectivity index (χ4v) is 3.45. The molecule has 144 valence electrons. The van der Waals surface area contributed by atoms with E-state index in [2.05, 4.69) is 27.9 Å². The number of hydrogen-bond donors (Lipinski definition) is 1. The molecule has 0 fully saturated rings. The molecule has 0 saturated carbocycles. The van der Waals surface area contributed by atoms with Gasteiger partial charge in [-0.2, -0.15) is 0 Å². The van der Waals surface area contributed by atoms with Crippen molar-refractivity contribution in [2.75, 3.05) is 29.5 Å². The van der Waals surface area contributed by atoms with Crippen molar-refractivity contribution in [1.82, 2.24) is 0 Å². The van der Waals surface area contributed by atoms with Crippen LogP contribution >= 0.6 is 22.6 Å². The Morgan fingerprint density at radius 2 is 1.89 bits per heavy atom. The molecule has 0 atom stereocenters. The zero-order chi connectivity index (χ0) is 20.2. The van der Waals surface area contributed by atoms with Crippen LogP contribution in [-0.2, 0) is 14.8 Å². The molecule has 0 aliphatic carbocycles. The Kier molecular flexibility index (Phi) is 6.59. The predicted octanol–water partition coefficient (Wildman–Crippen LogP) is 2.61. The number of nitrogens with zero attached hydrogens (tertiary/aromatic N) is 2. The molecule has 1 amide bonds. The summed E-state index contributed by atoms with van der Waals surface area (Å²) in [5.41, 5.74) is 0.176. The number of halogens is 1. The first kappa shape index (κ1) is 20.9. The molecular weight excluding hydrogens is 489 g/mol. The Balaban J connectivity index is 2.27. The second-order valence-corrected chi connectivity index (χ2v) is 8.59. The van der Waals surface area contributed by atoms with Crippen LogP contribution in [0.1, 0.15) is 0 Å². The van der Waals surface area contributed by atoms with Crippen molar-refractivity contribution in [3.63, 3.8) is 0 Å². The summed E-state index contributed by atoms with van der Waals surface area (Å²) in [7, 11) is -2.37. The van der Waals surface area contributed by atoms with E-state index >= 15 is 0 Å². The van der Waals surface area contributed by atoms with Gasteiger partial charge in [0.15, 0.2) is 0 Å². The molecular formula is C16H16IN3O6S. The van der Waals surface area contributed by atoms with Crippen LogP contribution in [-0.4, -0.2) is 39.2 Å². The summed E-state index contributed by atoms with van der Waals surface area (Å²) in [6, 6.07) is 10.3. The monoisotopic (exact) mass is 505 g/mol. The van der Waals surface area contributed by atoms with Gasteiger partial charge in [0, 0.05) is 15.7 Å². The van der Waals surface area contributed by atoms with Gasteiger partial charge in [-0.15, -0.1) is 0 Å². The minimum absolute atomic E-state index is 0.0766. The number of hydrogen-bond acceptors (Lipinski definition) is 6. The molecule has 0 aliphatic heterocycles. The van der Waals surface area contributed by atoms with Crippen LogP contribution < -0.4 is 14.4 Å². The minimum atomic E-state index is -3.72. The maximum Gasteiger partial charge on any atom is 0.271 e. The summed E-state index contributed by atoms with van der Waals surface area (Å²) in [4.78, 5) is 22.7. The van der Waals surface area contributed by atoms with Crippen molar-refractivity contribution >= 4 is 55.6 Å². The van der Waals surface area contributed by atoms with Crippen LogP contribution in [0.5, 0.6) is 5.75 Å². The fraction of sp³-hybridized carbons (Fsp3) is 0.188. The molecule has 0 unspecified atom stereocenters. The summed E-state index contributed by atoms with van der Waals surface area (Å²) in [6.07, 6.45) is 0.992. The van der Waals surface area contributed by atoms with Crippen LogP contribution in [0.2, 0.25) is 0 Å². The lowest BCUT2D eigenvalue weighted by molar-refractivity contribution is -0.384. The number of carbonyl (C=O) groups is 1. The second-order valence-electron chi connectivity index (χ2n) is 5.44. The van der Waals surface area contributed by atoms with E-state index < -0.39 is 27.4 Å². The number of carbonyl (C=O) groups excluding carboxylic acids is 1. The van der Waals surface area contributed by atoms with E-state index in [0.29, 0.717) is 5.69 Å². The molecule has 2 rings (SSSR count). The normalized spacial score (nSPS) is 10.9. The first-order chi connectivity index (χ1) is 12.6. The number of amides is 1. The lowest BCUT2D eigenvalue weighted by atomic mass is 10.2. The van der Waals surface area contributed by atoms with Gasteiger partial charge in [0.05, 0.1) is 29.7 Å². The maximum absolute atomic E-state index is 12.4. The number of rotatable bonds is 7. The van der Waals surface area contributed by atoms with Crippen LogP contribution in [0.15, 0.2) is 42.5 Å². The number of nitro benzene ring substituents is 1. The van der Waals surface area contributed by atoms with Crippen LogP contribution in [0, 0.1) is 13.7 Å². The van der Waals surface area contributed by atoms with Crippen molar-refractivity contribution in [1.29, 1.82) is 0 Å². The molecule has 0 heterocycles. The lowest BCUT2D eigenvalue weighted by Crippen LogP contribution is -2.37. The smallest absolute Gasteiger partial charge is 0.271 e. The van der Waals surface area contributed by atoms with E-state index in [4.69, 9.17) is 4.74 Å². The molecule has 0 aromatic heterocycles. The molecule has 9 nitrogen and oxygen atoms in total. The van der Waals surface area contributed by atoms with Gasteiger partial charge < -0.3 is 10.1 Å². The summed E-state index contributed by atoms with van der Waals surface area (Å²) >= 11 is 2.08. The van der Waals surface area contributed by atoms with Gasteiger partial charge in [0.2, 0.25) is 15.9 Å². The quantitative estimate of drug-likeness (QED) is 0.351. The van der Waals surface area contributed by atoms with E-state index in [1.165, 1.54) is 19.2 Å². The molecule has 27 heavy (non-hydrogen) atoms. The number of nitro groups is 1. The highest BCUT2D eigenvalue weighted by Crippen LogP contribution is 2.29. The number of methoxy groups -OCH3 is 1. The zero-order valence-electron chi connectivity index (χ0n) is 14.4. The molecule has 1 N–H and O–H groups in total. The van der Waals surface area contributed by atoms with E-state index in [1.54, 1.807) is 24.3 Å². The van der Waals surface area contributed by atoms with Gasteiger partial charge in [-0.25, -0.2) is 8.42 Å². The molecule has 0 aliphatic rings. The van der Waals surface area contributed by atoms with Gasteiger partial charge in [-0.05, 0) is 52.9 Å². The van der Waals surface area contributed by atoms with Gasteiger partial charge in [0.25, 0.3) is 5.69 Å². The molecule has 11 heteroatoms. The van der Waals surface area contributed by atoms with Crippen LogP contribution in [0.3, 0.4) is 0 Å². The average Bonchev–Trinajstić information content (AvgIpc) is 2.59. The topological polar surface area (TPSA) is 119 Å². The highest BCUT2D eigenvalue weighted by molar-refractivity contribution is 14.1. The van der Waals surface area contributed by atoms with Crippen LogP contribution in [0.25, 0.3) is 0 Å². The lowest BCUT2D eigenvalue weighted by Gasteiger charge is -2.22. The minimum Gasteiger partial charge on any atom is -0.495 e. The SMILES string of the molecule is COc1ccc([N+](=O)[O-])cc1NC(=O)CN(c1ccc(I)cc1)S(C)(=O)=O. The van der Waals surface area contributed by atoms with Crippen molar-refractivity contribution in [3.8, 4) is 5.75 Å². The number of non-ortho nitro benzene ring substituents is 1. The standard InChI is InChI=1S/C16H16IN3O6S/c1-26-15-8-7-13(20(22)23)9-14(15)18-16(21)10-19(27(2,24)25)12-5-3-11(17)4-6-12/h3-9H,10H2,1-2H3,(H,18,21). The number of sulfonamides is 1. The van der Waals surface area contributed by atoms with Crippen molar-refractivity contribution in [3.05, 3.63) is 56.1 Å². The molecule has 0 saturated heterocycles. The molecule has 2 aromatic carbocycles. The van der Waals surface area contributed by atoms with E-state index in [1.807, 2.05) is 0 Å². The summed E-state index contributed by atoms with van der Waals surface area (Å²) in [5.74, 6) is -0.452. The largest absolute Gasteiger partial charge is 0.495 e. The van der Waals surface area contributed by atoms with Crippen molar-refractivity contribution in [2.45, 2.75) is 0 Å². The van der Waals surface area contributed by atoms with Crippen molar-refractivity contribution < 1.29 is 22.9 Å². The molecule has 0 bridgehead atoms. The number of benzene rings is 2. The highest BCUT2D eigenvalue weighted by atomic mass is 127. The summed E-state index contributed by atoms with van der Waals surface area (Å²) < 4.78 is 31.1. The van der Waals surface area contributed by atoms with E-state index in [9.17, 15) is 23.3 Å². The predicted molar refractivity (Wildman–Crippen MR) is 110 cm³/mol. The van der Waals surface area contributed by atoms with E-state index in [0.717, 1.165) is 20.2 Å². The summed E-state index contributed by atoms with van der Waals surface area (Å²) in [6.45, 7) is -0.495. The van der Waals surface area contributed by atoms with Gasteiger partial charge >= 0.3 is 0 Å². The maximum atomic E-state index is 12.4. The van der Waals surface area contributed by atoms with Gasteiger partial charge in [-0.1, -0.05) is 0 Å². The Labute approximate surface area is 169 Å². The number of anilines is 2. The number of ether oxygens (including phenoxy) is 1. The van der Waals surface area contributed by atoms with E-state index in [-0.39, 0.29) is 17.1 Å². The van der Waals surface area contributed by atoms with Crippen molar-refractivity contribution in [2.24, 2.45) is 0 Å². The van der Waals surface area contributed by atoms with Gasteiger partial charge in [-0.3, -0.25) is 19.2 Å².